The maximum absolute atomic E-state index is 12.5. The van der Waals surface area contributed by atoms with E-state index in [9.17, 15) is 9.00 Å². The molecule has 114 valence electrons. The van der Waals surface area contributed by atoms with Gasteiger partial charge in [-0.1, -0.05) is 0 Å². The molecule has 0 saturated carbocycles. The number of nitrogens with one attached hydrogen (secondary N) is 2. The lowest BCUT2D eigenvalue weighted by atomic mass is 10.1. The van der Waals surface area contributed by atoms with E-state index in [1.807, 2.05) is 20.8 Å². The minimum atomic E-state index is -1.55. The first-order valence-electron chi connectivity index (χ1n) is 6.65. The molecular formula is C14H20N4O2S. The molecule has 0 fully saturated rings. The normalized spacial score (nSPS) is 14.9. The fraction of sp³-hybridized carbons (Fsp3) is 0.429. The predicted octanol–water partition coefficient (Wildman–Crippen LogP) is 1.56. The van der Waals surface area contributed by atoms with Crippen LogP contribution < -0.4 is 11.1 Å². The van der Waals surface area contributed by atoms with Crippen molar-refractivity contribution in [1.82, 2.24) is 15.3 Å². The summed E-state index contributed by atoms with van der Waals surface area (Å²) in [6.07, 6.45) is 0. The van der Waals surface area contributed by atoms with E-state index in [1.54, 1.807) is 25.1 Å². The molecule has 4 N–H and O–H groups in total. The Labute approximate surface area is 126 Å². The Morgan fingerprint density at radius 3 is 2.71 bits per heavy atom. The Kier molecular flexibility index (Phi) is 4.04. The average molecular weight is 308 g/mol. The number of rotatable bonds is 3. The molecule has 0 spiro atoms. The molecule has 1 heterocycles. The van der Waals surface area contributed by atoms with E-state index < -0.39 is 16.0 Å². The molecule has 0 radical (unpaired) electrons. The van der Waals surface area contributed by atoms with Crippen LogP contribution in [0.3, 0.4) is 0 Å². The maximum atomic E-state index is 12.5. The summed E-state index contributed by atoms with van der Waals surface area (Å²) in [5.41, 5.74) is 7.32. The highest BCUT2D eigenvalue weighted by atomic mass is 32.2. The fourth-order valence-electron chi connectivity index (χ4n) is 1.84. The number of nitrogens with two attached hydrogens (primary N) is 1. The second-order valence-corrected chi connectivity index (χ2v) is 7.69. The van der Waals surface area contributed by atoms with Gasteiger partial charge in [0.15, 0.2) is 5.16 Å². The third-order valence-electron chi connectivity index (χ3n) is 2.86. The number of nitrogen functional groups attached to an aromatic ring is 1. The number of imidazole rings is 1. The van der Waals surface area contributed by atoms with E-state index in [-0.39, 0.29) is 16.6 Å². The van der Waals surface area contributed by atoms with Gasteiger partial charge in [-0.15, -0.1) is 0 Å². The van der Waals surface area contributed by atoms with E-state index >= 15 is 0 Å². The molecule has 0 saturated heterocycles. The molecular weight excluding hydrogens is 288 g/mol. The molecule has 2 aromatic rings. The quantitative estimate of drug-likeness (QED) is 0.749. The molecule has 6 nitrogen and oxygen atoms in total. The second kappa shape index (κ2) is 5.48. The SMILES string of the molecule is CC(C(=O)NC(C)(C)C)S(=O)c1nc2ccc(N)cc2[nH]1. The lowest BCUT2D eigenvalue weighted by molar-refractivity contribution is -0.121. The monoisotopic (exact) mass is 308 g/mol. The summed E-state index contributed by atoms with van der Waals surface area (Å²) in [5.74, 6) is -0.263. The molecule has 0 aliphatic rings. The Bertz CT molecular complexity index is 703. The van der Waals surface area contributed by atoms with Crippen molar-refractivity contribution in [1.29, 1.82) is 0 Å². The van der Waals surface area contributed by atoms with Crippen LogP contribution >= 0.6 is 0 Å². The number of amides is 1. The summed E-state index contributed by atoms with van der Waals surface area (Å²) in [5, 5.41) is 2.41. The zero-order valence-corrected chi connectivity index (χ0v) is 13.4. The molecule has 0 bridgehead atoms. The van der Waals surface area contributed by atoms with Crippen LogP contribution in [0.5, 0.6) is 0 Å². The standard InChI is InChI=1S/C14H20N4O2S/c1-8(12(19)18-14(2,3)4)21(20)13-16-10-6-5-9(15)7-11(10)17-13/h5-8H,15H2,1-4H3,(H,16,17)(H,18,19). The first kappa shape index (κ1) is 15.5. The Balaban J connectivity index is 2.23. The molecule has 1 amide bonds. The summed E-state index contributed by atoms with van der Waals surface area (Å²) in [6.45, 7) is 7.26. The van der Waals surface area contributed by atoms with Gasteiger partial charge in [0, 0.05) is 11.2 Å². The number of hydrogen-bond acceptors (Lipinski definition) is 4. The van der Waals surface area contributed by atoms with Crippen molar-refractivity contribution in [2.24, 2.45) is 0 Å². The number of aromatic nitrogens is 2. The highest BCUT2D eigenvalue weighted by Gasteiger charge is 2.26. The van der Waals surface area contributed by atoms with Crippen LogP contribution in [0, 0.1) is 0 Å². The minimum absolute atomic E-state index is 0.263. The van der Waals surface area contributed by atoms with Crippen LogP contribution in [-0.2, 0) is 15.6 Å². The highest BCUT2D eigenvalue weighted by Crippen LogP contribution is 2.18. The molecule has 2 unspecified atom stereocenters. The molecule has 7 heteroatoms. The van der Waals surface area contributed by atoms with Gasteiger partial charge in [-0.3, -0.25) is 9.00 Å². The van der Waals surface area contributed by atoms with Crippen LogP contribution in [0.4, 0.5) is 5.69 Å². The lowest BCUT2D eigenvalue weighted by Crippen LogP contribution is -2.46. The van der Waals surface area contributed by atoms with Gasteiger partial charge < -0.3 is 16.0 Å². The molecule has 2 atom stereocenters. The van der Waals surface area contributed by atoms with Gasteiger partial charge in [-0.05, 0) is 45.9 Å². The third-order valence-corrected chi connectivity index (χ3v) is 4.29. The van der Waals surface area contributed by atoms with Gasteiger partial charge >= 0.3 is 0 Å². The first-order valence-corrected chi connectivity index (χ1v) is 7.86. The number of hydrogen-bond donors (Lipinski definition) is 3. The number of carbonyl (C=O) groups is 1. The number of aromatic amines is 1. The largest absolute Gasteiger partial charge is 0.399 e. The Morgan fingerprint density at radius 2 is 2.10 bits per heavy atom. The zero-order chi connectivity index (χ0) is 15.8. The van der Waals surface area contributed by atoms with Crippen molar-refractivity contribution < 1.29 is 9.00 Å². The molecule has 1 aromatic heterocycles. The van der Waals surface area contributed by atoms with Crippen LogP contribution in [-0.4, -0.2) is 30.9 Å². The van der Waals surface area contributed by atoms with E-state index in [0.29, 0.717) is 16.7 Å². The van der Waals surface area contributed by atoms with E-state index in [1.165, 1.54) is 0 Å². The Morgan fingerprint density at radius 1 is 1.43 bits per heavy atom. The van der Waals surface area contributed by atoms with Crippen molar-refractivity contribution in [3.05, 3.63) is 18.2 Å². The minimum Gasteiger partial charge on any atom is -0.399 e. The van der Waals surface area contributed by atoms with Gasteiger partial charge in [0.2, 0.25) is 5.91 Å². The number of nitrogens with zero attached hydrogens (tertiary/aromatic N) is 1. The van der Waals surface area contributed by atoms with Crippen molar-refractivity contribution in [2.75, 3.05) is 5.73 Å². The van der Waals surface area contributed by atoms with Gasteiger partial charge in [-0.2, -0.15) is 0 Å². The molecule has 1 aromatic carbocycles. The molecule has 21 heavy (non-hydrogen) atoms. The number of benzene rings is 1. The maximum Gasteiger partial charge on any atom is 0.236 e. The van der Waals surface area contributed by atoms with E-state index in [4.69, 9.17) is 5.73 Å². The van der Waals surface area contributed by atoms with Crippen molar-refractivity contribution in [3.8, 4) is 0 Å². The van der Waals surface area contributed by atoms with Crippen LogP contribution in [0.2, 0.25) is 0 Å². The van der Waals surface area contributed by atoms with E-state index in [2.05, 4.69) is 15.3 Å². The summed E-state index contributed by atoms with van der Waals surface area (Å²) < 4.78 is 12.5. The van der Waals surface area contributed by atoms with Crippen LogP contribution in [0.25, 0.3) is 11.0 Å². The summed E-state index contributed by atoms with van der Waals surface area (Å²) >= 11 is 0. The topological polar surface area (TPSA) is 101 Å². The second-order valence-electron chi connectivity index (χ2n) is 6.00. The smallest absolute Gasteiger partial charge is 0.236 e. The average Bonchev–Trinajstić information content (AvgIpc) is 2.77. The fourth-order valence-corrected chi connectivity index (χ4v) is 2.82. The molecule has 0 aliphatic carbocycles. The molecule has 2 rings (SSSR count). The summed E-state index contributed by atoms with van der Waals surface area (Å²) in [6, 6.07) is 5.20. The van der Waals surface area contributed by atoms with Crippen LogP contribution in [0.1, 0.15) is 27.7 Å². The van der Waals surface area contributed by atoms with Crippen molar-refractivity contribution in [3.63, 3.8) is 0 Å². The van der Waals surface area contributed by atoms with Crippen molar-refractivity contribution >= 4 is 33.4 Å². The van der Waals surface area contributed by atoms with Gasteiger partial charge in [0.05, 0.1) is 11.0 Å². The Hall–Kier alpha value is -1.89. The van der Waals surface area contributed by atoms with Gasteiger partial charge in [-0.25, -0.2) is 4.98 Å². The van der Waals surface area contributed by atoms with Gasteiger partial charge in [0.25, 0.3) is 0 Å². The van der Waals surface area contributed by atoms with Gasteiger partial charge in [0.1, 0.15) is 16.0 Å². The van der Waals surface area contributed by atoms with E-state index in [0.717, 1.165) is 0 Å². The number of H-pyrrole nitrogens is 1. The number of fused-ring (bicyclic) bond motifs is 1. The highest BCUT2D eigenvalue weighted by molar-refractivity contribution is 7.86. The predicted molar refractivity (Wildman–Crippen MR) is 84.3 cm³/mol. The number of carbonyl (C=O) groups excluding carboxylic acids is 1. The van der Waals surface area contributed by atoms with Crippen molar-refractivity contribution in [2.45, 2.75) is 43.6 Å². The zero-order valence-electron chi connectivity index (χ0n) is 12.6. The number of anilines is 1. The summed E-state index contributed by atoms with van der Waals surface area (Å²) in [4.78, 5) is 19.3. The lowest BCUT2D eigenvalue weighted by Gasteiger charge is -2.22. The molecule has 0 aliphatic heterocycles. The summed E-state index contributed by atoms with van der Waals surface area (Å²) in [7, 11) is -1.55. The third kappa shape index (κ3) is 3.60. The van der Waals surface area contributed by atoms with Crippen LogP contribution in [0.15, 0.2) is 23.4 Å². The first-order chi connectivity index (χ1) is 9.67.